The van der Waals surface area contributed by atoms with Crippen molar-refractivity contribution in [1.29, 1.82) is 0 Å². The van der Waals surface area contributed by atoms with Crippen molar-refractivity contribution in [2.75, 3.05) is 0 Å². The molecule has 0 fully saturated rings. The zero-order valence-electron chi connectivity index (χ0n) is 14.8. The highest BCUT2D eigenvalue weighted by atomic mass is 13.9. The number of rotatable bonds is 1. The normalized spacial score (nSPS) is 9.55. The predicted molar refractivity (Wildman–Crippen MR) is 97.4 cm³/mol. The lowest BCUT2D eigenvalue weighted by Crippen LogP contribution is -1.73. The molecule has 0 amide bonds. The molecule has 0 heterocycles. The van der Waals surface area contributed by atoms with Gasteiger partial charge in [0.1, 0.15) is 0 Å². The quantitative estimate of drug-likeness (QED) is 0.508. The first-order valence-electron chi connectivity index (χ1n) is 8.20. The van der Waals surface area contributed by atoms with Crippen molar-refractivity contribution in [2.45, 2.75) is 67.7 Å². The average molecular weight is 277 g/mol. The van der Waals surface area contributed by atoms with Gasteiger partial charge in [-0.1, -0.05) is 110 Å². The molecule has 0 atom stereocenters. The van der Waals surface area contributed by atoms with Gasteiger partial charge in [0, 0.05) is 0 Å². The van der Waals surface area contributed by atoms with Crippen LogP contribution in [0.25, 0.3) is 0 Å². The van der Waals surface area contributed by atoms with E-state index in [9.17, 15) is 0 Å². The third-order valence-corrected chi connectivity index (χ3v) is 1.91. The molecular formula is C20H36. The molecule has 0 bridgehead atoms. The van der Waals surface area contributed by atoms with Crippen LogP contribution in [-0.2, 0) is 6.42 Å². The Labute approximate surface area is 128 Å². The topological polar surface area (TPSA) is 0 Å². The second-order valence-corrected chi connectivity index (χ2v) is 3.64. The first kappa shape index (κ1) is 23.8. The molecule has 116 valence electrons. The summed E-state index contributed by atoms with van der Waals surface area (Å²) in [4.78, 5) is 0. The lowest BCUT2D eigenvalue weighted by atomic mass is 10.2. The SMILES string of the molecule is C1=CCC=C1.CC.CC.CCC.CCc1ccccc1. The second kappa shape index (κ2) is 26.3. The fourth-order valence-electron chi connectivity index (χ4n) is 1.11. The first-order valence-corrected chi connectivity index (χ1v) is 8.20. The minimum atomic E-state index is 1.14. The largest absolute Gasteiger partial charge is 0.0808 e. The van der Waals surface area contributed by atoms with Gasteiger partial charge in [-0.05, 0) is 18.4 Å². The van der Waals surface area contributed by atoms with Crippen LogP contribution in [-0.4, -0.2) is 0 Å². The Kier molecular flexibility index (Phi) is 31.3. The third-order valence-electron chi connectivity index (χ3n) is 1.91. The smallest absolute Gasteiger partial charge is 0.0163 e. The van der Waals surface area contributed by atoms with Crippen molar-refractivity contribution >= 4 is 0 Å². The van der Waals surface area contributed by atoms with E-state index in [1.54, 1.807) is 0 Å². The Morgan fingerprint density at radius 2 is 1.15 bits per heavy atom. The van der Waals surface area contributed by atoms with Gasteiger partial charge in [0.05, 0.1) is 0 Å². The molecule has 0 heteroatoms. The van der Waals surface area contributed by atoms with E-state index in [0.717, 1.165) is 12.8 Å². The van der Waals surface area contributed by atoms with Gasteiger partial charge in [0.2, 0.25) is 0 Å². The van der Waals surface area contributed by atoms with E-state index < -0.39 is 0 Å². The zero-order chi connectivity index (χ0) is 16.1. The van der Waals surface area contributed by atoms with Crippen LogP contribution in [0.1, 0.15) is 66.9 Å². The minimum Gasteiger partial charge on any atom is -0.0808 e. The van der Waals surface area contributed by atoms with E-state index in [0.29, 0.717) is 0 Å². The summed E-state index contributed by atoms with van der Waals surface area (Å²) < 4.78 is 0. The summed E-state index contributed by atoms with van der Waals surface area (Å²) in [5, 5.41) is 0. The summed E-state index contributed by atoms with van der Waals surface area (Å²) in [5.74, 6) is 0. The number of benzene rings is 1. The molecule has 20 heavy (non-hydrogen) atoms. The molecule has 0 spiro atoms. The van der Waals surface area contributed by atoms with Gasteiger partial charge in [-0.25, -0.2) is 0 Å². The van der Waals surface area contributed by atoms with Crippen LogP contribution in [0, 0.1) is 0 Å². The fourth-order valence-corrected chi connectivity index (χ4v) is 1.11. The van der Waals surface area contributed by atoms with Crippen LogP contribution < -0.4 is 0 Å². The van der Waals surface area contributed by atoms with Crippen molar-refractivity contribution in [2.24, 2.45) is 0 Å². The summed E-state index contributed by atoms with van der Waals surface area (Å²) in [6.45, 7) is 14.4. The molecule has 0 N–H and O–H groups in total. The van der Waals surface area contributed by atoms with Crippen molar-refractivity contribution in [3.8, 4) is 0 Å². The van der Waals surface area contributed by atoms with Crippen LogP contribution in [0.2, 0.25) is 0 Å². The molecule has 0 unspecified atom stereocenters. The molecule has 1 aliphatic carbocycles. The van der Waals surface area contributed by atoms with Crippen LogP contribution in [0.3, 0.4) is 0 Å². The van der Waals surface area contributed by atoms with E-state index in [-0.39, 0.29) is 0 Å². The highest BCUT2D eigenvalue weighted by Gasteiger charge is 1.79. The Morgan fingerprint density at radius 3 is 1.35 bits per heavy atom. The molecule has 2 rings (SSSR count). The average Bonchev–Trinajstić information content (AvgIpc) is 3.12. The summed E-state index contributed by atoms with van der Waals surface area (Å²) in [6.07, 6.45) is 11.9. The Bertz CT molecular complexity index is 270. The summed E-state index contributed by atoms with van der Waals surface area (Å²) in [6, 6.07) is 10.5. The molecule has 1 aliphatic rings. The van der Waals surface area contributed by atoms with E-state index >= 15 is 0 Å². The molecule has 1 aromatic rings. The van der Waals surface area contributed by atoms with Crippen molar-refractivity contribution in [3.05, 3.63) is 60.2 Å². The second-order valence-electron chi connectivity index (χ2n) is 3.64. The maximum atomic E-state index is 2.16. The Morgan fingerprint density at radius 1 is 0.750 bits per heavy atom. The summed E-state index contributed by atoms with van der Waals surface area (Å²) in [7, 11) is 0. The molecule has 0 saturated heterocycles. The fraction of sp³-hybridized carbons (Fsp3) is 0.500. The number of allylic oxidation sites excluding steroid dienone is 4. The van der Waals surface area contributed by atoms with Gasteiger partial charge >= 0.3 is 0 Å². The standard InChI is InChI=1S/C8H10.C5H6.C3H8.2C2H6/c1-2-8-6-4-3-5-7-8;1-2-4-5-3-1;1-3-2;2*1-2/h3-7H,2H2,1H3;1-4H,5H2;3H2,1-2H3;2*1-2H3. The van der Waals surface area contributed by atoms with Crippen molar-refractivity contribution in [1.82, 2.24) is 0 Å². The first-order chi connectivity index (χ1) is 9.85. The van der Waals surface area contributed by atoms with Crippen LogP contribution in [0.5, 0.6) is 0 Å². The van der Waals surface area contributed by atoms with Crippen LogP contribution in [0.15, 0.2) is 54.6 Å². The predicted octanol–water partition coefficient (Wildman–Crippen LogP) is 7.22. The molecule has 0 saturated carbocycles. The molecule has 0 nitrogen and oxygen atoms in total. The molecule has 1 aromatic carbocycles. The number of hydrogen-bond acceptors (Lipinski definition) is 0. The zero-order valence-corrected chi connectivity index (χ0v) is 14.8. The number of hydrogen-bond donors (Lipinski definition) is 0. The highest BCUT2D eigenvalue weighted by Crippen LogP contribution is 1.96. The van der Waals surface area contributed by atoms with Gasteiger partial charge in [-0.3, -0.25) is 0 Å². The molecule has 0 aromatic heterocycles. The number of aryl methyl sites for hydroxylation is 1. The summed E-state index contributed by atoms with van der Waals surface area (Å²) in [5.41, 5.74) is 1.41. The molecule has 0 aliphatic heterocycles. The minimum absolute atomic E-state index is 1.14. The van der Waals surface area contributed by atoms with E-state index in [2.05, 4.69) is 69.3 Å². The van der Waals surface area contributed by atoms with E-state index in [1.165, 1.54) is 12.0 Å². The van der Waals surface area contributed by atoms with Gasteiger partial charge < -0.3 is 0 Å². The summed E-state index contributed by atoms with van der Waals surface area (Å²) >= 11 is 0. The maximum Gasteiger partial charge on any atom is -0.0163 e. The van der Waals surface area contributed by atoms with Gasteiger partial charge in [0.25, 0.3) is 0 Å². The highest BCUT2D eigenvalue weighted by molar-refractivity contribution is 5.13. The van der Waals surface area contributed by atoms with Crippen LogP contribution >= 0.6 is 0 Å². The lowest BCUT2D eigenvalue weighted by Gasteiger charge is -1.89. The maximum absolute atomic E-state index is 2.16. The molecule has 0 radical (unpaired) electrons. The van der Waals surface area contributed by atoms with Crippen molar-refractivity contribution < 1.29 is 0 Å². The monoisotopic (exact) mass is 276 g/mol. The van der Waals surface area contributed by atoms with Gasteiger partial charge in [0.15, 0.2) is 0 Å². The molecular weight excluding hydrogens is 240 g/mol. The van der Waals surface area contributed by atoms with Crippen LogP contribution in [0.4, 0.5) is 0 Å². The third kappa shape index (κ3) is 21.9. The Balaban J connectivity index is -0.000000209. The van der Waals surface area contributed by atoms with Crippen molar-refractivity contribution in [3.63, 3.8) is 0 Å². The van der Waals surface area contributed by atoms with Gasteiger partial charge in [-0.2, -0.15) is 0 Å². The van der Waals surface area contributed by atoms with Gasteiger partial charge in [-0.15, -0.1) is 0 Å². The van der Waals surface area contributed by atoms with E-state index in [1.807, 2.05) is 33.8 Å². The van der Waals surface area contributed by atoms with E-state index in [4.69, 9.17) is 0 Å². The lowest BCUT2D eigenvalue weighted by molar-refractivity contribution is 1.09. The Hall–Kier alpha value is -1.30.